The maximum absolute atomic E-state index is 15.2. The van der Waals surface area contributed by atoms with Crippen molar-refractivity contribution in [3.05, 3.63) is 81.8 Å². The molecule has 1 aromatic carbocycles. The minimum Gasteiger partial charge on any atom is -0.481 e. The molecule has 45 heavy (non-hydrogen) atoms. The first-order chi connectivity index (χ1) is 21.7. The minimum atomic E-state index is -0.550. The van der Waals surface area contributed by atoms with Crippen LogP contribution in [0.3, 0.4) is 0 Å². The van der Waals surface area contributed by atoms with Crippen LogP contribution in [0.15, 0.2) is 54.9 Å². The van der Waals surface area contributed by atoms with Crippen LogP contribution in [0.4, 0.5) is 15.9 Å². The second-order valence-corrected chi connectivity index (χ2v) is 11.5. The lowest BCUT2D eigenvalue weighted by Gasteiger charge is -2.16. The van der Waals surface area contributed by atoms with Gasteiger partial charge in [-0.15, -0.1) is 0 Å². The SMILES string of the molecule is COc1nc(-c2ccnc(-c3cccc(Nc4nccc(CNCC(C)O)c4F)c3Cl)c2Cl)ccc1CNCC1CCC(=O)N1. The predicted molar refractivity (Wildman–Crippen MR) is 173 cm³/mol. The molecule has 2 unspecified atom stereocenters. The molecule has 5 N–H and O–H groups in total. The van der Waals surface area contributed by atoms with Gasteiger partial charge in [0.15, 0.2) is 11.6 Å². The van der Waals surface area contributed by atoms with Crippen LogP contribution >= 0.6 is 23.2 Å². The minimum absolute atomic E-state index is 0.0112. The number of pyridine rings is 3. The van der Waals surface area contributed by atoms with Crippen molar-refractivity contribution in [3.8, 4) is 28.4 Å². The number of halogens is 3. The van der Waals surface area contributed by atoms with Crippen LogP contribution in [0.1, 0.15) is 30.9 Å². The Morgan fingerprint density at radius 3 is 2.60 bits per heavy atom. The summed E-state index contributed by atoms with van der Waals surface area (Å²) in [7, 11) is 1.56. The third-order valence-corrected chi connectivity index (χ3v) is 8.11. The molecule has 5 rings (SSSR count). The molecule has 4 aromatic rings. The molecular formula is C32H34Cl2FN7O3. The van der Waals surface area contributed by atoms with Crippen molar-refractivity contribution in [2.75, 3.05) is 25.5 Å². The van der Waals surface area contributed by atoms with Gasteiger partial charge in [0, 0.05) is 73.3 Å². The Hall–Kier alpha value is -3.87. The number of hydrogen-bond acceptors (Lipinski definition) is 9. The number of aliphatic hydroxyl groups is 1. The number of aliphatic hydroxyl groups excluding tert-OH is 1. The lowest BCUT2D eigenvalue weighted by atomic mass is 10.1. The summed E-state index contributed by atoms with van der Waals surface area (Å²) in [6.45, 7) is 3.38. The highest BCUT2D eigenvalue weighted by atomic mass is 35.5. The lowest BCUT2D eigenvalue weighted by molar-refractivity contribution is -0.119. The maximum Gasteiger partial charge on any atom is 0.220 e. The second kappa shape index (κ2) is 14.9. The van der Waals surface area contributed by atoms with Gasteiger partial charge >= 0.3 is 0 Å². The number of nitrogens with one attached hydrogen (secondary N) is 4. The van der Waals surface area contributed by atoms with Crippen LogP contribution in [-0.2, 0) is 17.9 Å². The Kier molecular flexibility index (Phi) is 10.8. The molecule has 2 atom stereocenters. The predicted octanol–water partition coefficient (Wildman–Crippen LogP) is 5.24. The Morgan fingerprint density at radius 1 is 1.04 bits per heavy atom. The van der Waals surface area contributed by atoms with E-state index in [-0.39, 0.29) is 29.3 Å². The molecule has 0 spiro atoms. The van der Waals surface area contributed by atoms with Crippen molar-refractivity contribution >= 4 is 40.6 Å². The Labute approximate surface area is 270 Å². The molecule has 10 nitrogen and oxygen atoms in total. The van der Waals surface area contributed by atoms with Crippen molar-refractivity contribution in [2.24, 2.45) is 0 Å². The van der Waals surface area contributed by atoms with Gasteiger partial charge in [0.05, 0.1) is 40.3 Å². The number of aromatic nitrogens is 3. The van der Waals surface area contributed by atoms with Gasteiger partial charge in [0.2, 0.25) is 11.8 Å². The highest BCUT2D eigenvalue weighted by molar-refractivity contribution is 6.39. The number of methoxy groups -OCH3 is 1. The van der Waals surface area contributed by atoms with E-state index in [2.05, 4.69) is 31.2 Å². The van der Waals surface area contributed by atoms with Crippen molar-refractivity contribution in [1.29, 1.82) is 0 Å². The number of anilines is 2. The van der Waals surface area contributed by atoms with E-state index in [1.165, 1.54) is 6.20 Å². The molecule has 1 saturated heterocycles. The zero-order valence-electron chi connectivity index (χ0n) is 24.8. The van der Waals surface area contributed by atoms with Crippen molar-refractivity contribution in [1.82, 2.24) is 30.9 Å². The number of amides is 1. The van der Waals surface area contributed by atoms with Gasteiger partial charge in [-0.1, -0.05) is 41.4 Å². The van der Waals surface area contributed by atoms with E-state index in [0.29, 0.717) is 70.7 Å². The van der Waals surface area contributed by atoms with E-state index < -0.39 is 11.9 Å². The molecule has 0 saturated carbocycles. The average Bonchev–Trinajstić information content (AvgIpc) is 3.45. The summed E-state index contributed by atoms with van der Waals surface area (Å²) in [5.74, 6) is 0.0148. The largest absolute Gasteiger partial charge is 0.481 e. The molecule has 13 heteroatoms. The Balaban J connectivity index is 1.36. The summed E-state index contributed by atoms with van der Waals surface area (Å²) in [4.78, 5) is 24.8. The number of benzene rings is 1. The van der Waals surface area contributed by atoms with Gasteiger partial charge < -0.3 is 31.1 Å². The van der Waals surface area contributed by atoms with Gasteiger partial charge in [-0.25, -0.2) is 14.4 Å². The summed E-state index contributed by atoms with van der Waals surface area (Å²) >= 11 is 13.7. The standard InChI is InChI=1S/C32H34Cl2FN7O3/c1-18(43)14-36-15-19-10-12-39-31(29(19)35)41-25-5-3-4-23(27(25)33)30-28(34)22(11-13-38-30)24-8-6-20(32(42-24)45-2)16-37-17-21-7-9-26(44)40-21/h3-6,8,10-13,18,21,36-37,43H,7,9,14-17H2,1-2H3,(H,39,41)(H,40,44). The molecule has 0 aliphatic carbocycles. The number of hydrogen-bond donors (Lipinski definition) is 5. The van der Waals surface area contributed by atoms with Crippen molar-refractivity contribution in [2.45, 2.75) is 45.0 Å². The van der Waals surface area contributed by atoms with Gasteiger partial charge in [-0.3, -0.25) is 9.78 Å². The normalized spacial score (nSPS) is 15.2. The van der Waals surface area contributed by atoms with E-state index in [1.807, 2.05) is 12.1 Å². The first kappa shape index (κ1) is 32.5. The number of carbonyl (C=O) groups is 1. The molecule has 3 aromatic heterocycles. The third kappa shape index (κ3) is 7.86. The molecule has 1 fully saturated rings. The van der Waals surface area contributed by atoms with E-state index in [9.17, 15) is 9.90 Å². The highest BCUT2D eigenvalue weighted by Crippen LogP contribution is 2.40. The molecule has 0 radical (unpaired) electrons. The van der Waals surface area contributed by atoms with Gasteiger partial charge in [-0.2, -0.15) is 0 Å². The number of carbonyl (C=O) groups excluding carboxylic acids is 1. The number of nitrogens with zero attached hydrogens (tertiary/aromatic N) is 3. The molecule has 1 aliphatic heterocycles. The fourth-order valence-electron chi connectivity index (χ4n) is 5.03. The van der Waals surface area contributed by atoms with Crippen LogP contribution in [-0.4, -0.2) is 58.3 Å². The topological polar surface area (TPSA) is 133 Å². The molecule has 1 aliphatic rings. The Bertz CT molecular complexity index is 1670. The first-order valence-corrected chi connectivity index (χ1v) is 15.3. The molecule has 4 heterocycles. The smallest absolute Gasteiger partial charge is 0.220 e. The number of rotatable bonds is 13. The van der Waals surface area contributed by atoms with Crippen LogP contribution in [0.2, 0.25) is 10.0 Å². The molecule has 1 amide bonds. The molecule has 0 bridgehead atoms. The first-order valence-electron chi connectivity index (χ1n) is 14.5. The van der Waals surface area contributed by atoms with Crippen molar-refractivity contribution in [3.63, 3.8) is 0 Å². The monoisotopic (exact) mass is 653 g/mol. The maximum atomic E-state index is 15.2. The zero-order chi connectivity index (χ0) is 31.9. The summed E-state index contributed by atoms with van der Waals surface area (Å²) in [6.07, 6.45) is 3.95. The fraction of sp³-hybridized carbons (Fsp3) is 0.312. The summed E-state index contributed by atoms with van der Waals surface area (Å²) in [5, 5.41) is 22.4. The lowest BCUT2D eigenvalue weighted by Crippen LogP contribution is -2.35. The van der Waals surface area contributed by atoms with Crippen LogP contribution in [0, 0.1) is 5.82 Å². The summed E-state index contributed by atoms with van der Waals surface area (Å²) in [5.41, 5.74) is 3.86. The third-order valence-electron chi connectivity index (χ3n) is 7.32. The number of ether oxygens (including phenoxy) is 1. The van der Waals surface area contributed by atoms with Gasteiger partial charge in [0.25, 0.3) is 0 Å². The van der Waals surface area contributed by atoms with Crippen LogP contribution < -0.4 is 26.0 Å². The van der Waals surface area contributed by atoms with E-state index in [1.54, 1.807) is 50.6 Å². The van der Waals surface area contributed by atoms with Crippen molar-refractivity contribution < 1.29 is 19.0 Å². The second-order valence-electron chi connectivity index (χ2n) is 10.7. The molecule has 236 valence electrons. The quantitative estimate of drug-likeness (QED) is 0.131. The fourth-order valence-corrected chi connectivity index (χ4v) is 5.61. The van der Waals surface area contributed by atoms with E-state index >= 15 is 4.39 Å². The Morgan fingerprint density at radius 2 is 1.84 bits per heavy atom. The van der Waals surface area contributed by atoms with E-state index in [4.69, 9.17) is 32.9 Å². The highest BCUT2D eigenvalue weighted by Gasteiger charge is 2.21. The van der Waals surface area contributed by atoms with E-state index in [0.717, 1.165) is 12.0 Å². The summed E-state index contributed by atoms with van der Waals surface area (Å²) < 4.78 is 20.8. The summed E-state index contributed by atoms with van der Waals surface area (Å²) in [6, 6.07) is 12.5. The van der Waals surface area contributed by atoms with Crippen LogP contribution in [0.5, 0.6) is 5.88 Å². The van der Waals surface area contributed by atoms with Gasteiger partial charge in [-0.05, 0) is 37.6 Å². The van der Waals surface area contributed by atoms with Gasteiger partial charge in [0.1, 0.15) is 0 Å². The molecular weight excluding hydrogens is 620 g/mol. The van der Waals surface area contributed by atoms with Crippen LogP contribution in [0.25, 0.3) is 22.5 Å². The average molecular weight is 655 g/mol. The zero-order valence-corrected chi connectivity index (χ0v) is 26.3.